The molecule has 5 nitrogen and oxygen atoms in total. The summed E-state index contributed by atoms with van der Waals surface area (Å²) in [7, 11) is 0. The van der Waals surface area contributed by atoms with Gasteiger partial charge in [0, 0.05) is 23.9 Å². The molecule has 1 N–H and O–H groups in total. The smallest absolute Gasteiger partial charge is 0.321 e. The lowest BCUT2D eigenvalue weighted by Crippen LogP contribution is -2.44. The van der Waals surface area contributed by atoms with Crippen LogP contribution >= 0.6 is 11.8 Å². The Morgan fingerprint density at radius 3 is 2.65 bits per heavy atom. The molecule has 1 atom stereocenters. The molecule has 0 bridgehead atoms. The molecule has 1 fully saturated rings. The highest BCUT2D eigenvalue weighted by molar-refractivity contribution is 8.00. The molecule has 1 aromatic heterocycles. The quantitative estimate of drug-likeness (QED) is 0.800. The second-order valence-electron chi connectivity index (χ2n) is 6.68. The molecule has 1 aliphatic rings. The van der Waals surface area contributed by atoms with Crippen molar-refractivity contribution in [2.75, 3.05) is 18.4 Å². The zero-order valence-electron chi connectivity index (χ0n) is 15.0. The molecule has 3 rings (SSSR count). The Kier molecular flexibility index (Phi) is 5.76. The molecule has 0 radical (unpaired) electrons. The van der Waals surface area contributed by atoms with E-state index in [0.717, 1.165) is 10.5 Å². The average molecular weight is 374 g/mol. The number of hydrogen-bond acceptors (Lipinski definition) is 4. The van der Waals surface area contributed by atoms with Gasteiger partial charge < -0.3 is 10.2 Å². The Morgan fingerprint density at radius 2 is 2.00 bits per heavy atom. The predicted molar refractivity (Wildman–Crippen MR) is 102 cm³/mol. The van der Waals surface area contributed by atoms with Crippen LogP contribution in [-0.2, 0) is 0 Å². The first-order valence-corrected chi connectivity index (χ1v) is 9.53. The van der Waals surface area contributed by atoms with Crippen LogP contribution in [0.5, 0.6) is 0 Å². The van der Waals surface area contributed by atoms with Crippen molar-refractivity contribution in [3.8, 4) is 0 Å². The number of rotatable bonds is 4. The van der Waals surface area contributed by atoms with Crippen LogP contribution in [0.1, 0.15) is 25.3 Å². The van der Waals surface area contributed by atoms with Gasteiger partial charge in [0.25, 0.3) is 0 Å². The second-order valence-corrected chi connectivity index (χ2v) is 8.12. The summed E-state index contributed by atoms with van der Waals surface area (Å²) in [6, 6.07) is 9.37. The number of alkyl halides is 1. The van der Waals surface area contributed by atoms with E-state index in [-0.39, 0.29) is 11.9 Å². The number of amides is 2. The van der Waals surface area contributed by atoms with E-state index in [1.54, 1.807) is 17.9 Å². The molecule has 138 valence electrons. The monoisotopic (exact) mass is 374 g/mol. The number of urea groups is 1. The molecule has 0 spiro atoms. The number of nitrogens with one attached hydrogen (secondary N) is 1. The van der Waals surface area contributed by atoms with Crippen LogP contribution in [0.2, 0.25) is 0 Å². The maximum atomic E-state index is 15.3. The van der Waals surface area contributed by atoms with Crippen molar-refractivity contribution in [3.05, 3.63) is 48.3 Å². The molecule has 0 aliphatic carbocycles. The van der Waals surface area contributed by atoms with Crippen molar-refractivity contribution in [2.45, 2.75) is 36.6 Å². The van der Waals surface area contributed by atoms with E-state index >= 15 is 4.39 Å². The summed E-state index contributed by atoms with van der Waals surface area (Å²) in [6.07, 6.45) is 4.32. The molecule has 1 aliphatic heterocycles. The second kappa shape index (κ2) is 8.03. The fourth-order valence-corrected chi connectivity index (χ4v) is 4.34. The fourth-order valence-electron chi connectivity index (χ4n) is 3.13. The first kappa shape index (κ1) is 18.6. The molecule has 0 saturated carbocycles. The number of halogens is 1. The van der Waals surface area contributed by atoms with Crippen LogP contribution in [-0.4, -0.2) is 39.2 Å². The molecular weight excluding hydrogens is 351 g/mol. The maximum absolute atomic E-state index is 15.3. The molecule has 1 unspecified atom stereocenters. The zero-order valence-corrected chi connectivity index (χ0v) is 15.8. The molecule has 1 aromatic carbocycles. The number of nitrogens with zero attached hydrogens (tertiary/aromatic N) is 3. The number of anilines is 1. The SMILES string of the molecule is Cc1ccccc1SC(C)(F)C1CCN(C(=O)Nc2ccnnc2)CC1. The van der Waals surface area contributed by atoms with Gasteiger partial charge in [-0.05, 0) is 44.4 Å². The molecule has 2 amide bonds. The van der Waals surface area contributed by atoms with Gasteiger partial charge in [-0.1, -0.05) is 30.0 Å². The van der Waals surface area contributed by atoms with Gasteiger partial charge in [-0.2, -0.15) is 10.2 Å². The van der Waals surface area contributed by atoms with Crippen LogP contribution < -0.4 is 5.32 Å². The number of thioether (sulfide) groups is 1. The Morgan fingerprint density at radius 1 is 1.27 bits per heavy atom. The van der Waals surface area contributed by atoms with Crippen molar-refractivity contribution < 1.29 is 9.18 Å². The van der Waals surface area contributed by atoms with Crippen molar-refractivity contribution in [2.24, 2.45) is 5.92 Å². The lowest BCUT2D eigenvalue weighted by Gasteiger charge is -2.37. The average Bonchev–Trinajstić information content (AvgIpc) is 2.64. The number of aromatic nitrogens is 2. The van der Waals surface area contributed by atoms with Crippen molar-refractivity contribution in [1.82, 2.24) is 15.1 Å². The third-order valence-electron chi connectivity index (χ3n) is 4.75. The highest BCUT2D eigenvalue weighted by Gasteiger charge is 2.38. The van der Waals surface area contributed by atoms with Gasteiger partial charge >= 0.3 is 6.03 Å². The van der Waals surface area contributed by atoms with Crippen molar-refractivity contribution in [3.63, 3.8) is 0 Å². The largest absolute Gasteiger partial charge is 0.325 e. The Hall–Kier alpha value is -2.15. The predicted octanol–water partition coefficient (Wildman–Crippen LogP) is 4.51. The number of aryl methyl sites for hydroxylation is 1. The summed E-state index contributed by atoms with van der Waals surface area (Å²) in [6.45, 7) is 4.75. The van der Waals surface area contributed by atoms with Gasteiger partial charge in [0.05, 0.1) is 18.1 Å². The van der Waals surface area contributed by atoms with Crippen LogP contribution in [0.3, 0.4) is 0 Å². The molecule has 1 saturated heterocycles. The minimum absolute atomic E-state index is 0.0845. The number of likely N-dealkylation sites (tertiary alicyclic amines) is 1. The summed E-state index contributed by atoms with van der Waals surface area (Å²) < 4.78 is 15.3. The van der Waals surface area contributed by atoms with Gasteiger partial charge in [0.1, 0.15) is 0 Å². The molecular formula is C19H23FN4OS. The minimum atomic E-state index is -1.36. The summed E-state index contributed by atoms with van der Waals surface area (Å²) in [4.78, 5) is 15.0. The molecule has 2 heterocycles. The van der Waals surface area contributed by atoms with Crippen LogP contribution in [0.4, 0.5) is 14.9 Å². The first-order chi connectivity index (χ1) is 12.5. The lowest BCUT2D eigenvalue weighted by molar-refractivity contribution is 0.124. The van der Waals surface area contributed by atoms with Gasteiger partial charge in [-0.15, -0.1) is 0 Å². The number of piperidine rings is 1. The van der Waals surface area contributed by atoms with Gasteiger partial charge in [-0.25, -0.2) is 9.18 Å². The molecule has 7 heteroatoms. The van der Waals surface area contributed by atoms with E-state index in [9.17, 15) is 4.79 Å². The fraction of sp³-hybridized carbons (Fsp3) is 0.421. The van der Waals surface area contributed by atoms with Crippen molar-refractivity contribution in [1.29, 1.82) is 0 Å². The Labute approximate surface area is 157 Å². The number of benzene rings is 1. The zero-order chi connectivity index (χ0) is 18.6. The summed E-state index contributed by atoms with van der Waals surface area (Å²) in [5, 5.41) is 8.86. The highest BCUT2D eigenvalue weighted by Crippen LogP contribution is 2.44. The first-order valence-electron chi connectivity index (χ1n) is 8.72. The van der Waals surface area contributed by atoms with E-state index in [0.29, 0.717) is 31.6 Å². The number of carbonyl (C=O) groups is 1. The van der Waals surface area contributed by atoms with Crippen LogP contribution in [0, 0.1) is 12.8 Å². The van der Waals surface area contributed by atoms with Gasteiger partial charge in [-0.3, -0.25) is 0 Å². The van der Waals surface area contributed by atoms with E-state index in [1.807, 2.05) is 31.2 Å². The third-order valence-corrected chi connectivity index (χ3v) is 6.16. The van der Waals surface area contributed by atoms with E-state index in [4.69, 9.17) is 0 Å². The Balaban J connectivity index is 1.55. The van der Waals surface area contributed by atoms with Crippen LogP contribution in [0.15, 0.2) is 47.6 Å². The maximum Gasteiger partial charge on any atom is 0.321 e. The van der Waals surface area contributed by atoms with E-state index in [1.165, 1.54) is 24.2 Å². The third kappa shape index (κ3) is 4.52. The van der Waals surface area contributed by atoms with Gasteiger partial charge in [0.15, 0.2) is 5.00 Å². The van der Waals surface area contributed by atoms with Crippen LogP contribution in [0.25, 0.3) is 0 Å². The highest BCUT2D eigenvalue weighted by atomic mass is 32.2. The molecule has 2 aromatic rings. The van der Waals surface area contributed by atoms with E-state index in [2.05, 4.69) is 15.5 Å². The number of hydrogen-bond donors (Lipinski definition) is 1. The summed E-state index contributed by atoms with van der Waals surface area (Å²) >= 11 is 1.29. The molecule has 26 heavy (non-hydrogen) atoms. The van der Waals surface area contributed by atoms with Crippen molar-refractivity contribution >= 4 is 23.5 Å². The topological polar surface area (TPSA) is 58.1 Å². The number of carbonyl (C=O) groups excluding carboxylic acids is 1. The normalized spacial score (nSPS) is 17.6. The van der Waals surface area contributed by atoms with Gasteiger partial charge in [0.2, 0.25) is 0 Å². The summed E-state index contributed by atoms with van der Waals surface area (Å²) in [5.41, 5.74) is 1.70. The van der Waals surface area contributed by atoms with E-state index < -0.39 is 5.00 Å². The summed E-state index contributed by atoms with van der Waals surface area (Å²) in [5.74, 6) is -0.0845. The Bertz CT molecular complexity index is 748. The standard InChI is InChI=1S/C19H23FN4OS/c1-14-5-3-4-6-17(14)26-19(2,20)15-8-11-24(12-9-15)18(25)23-16-7-10-21-22-13-16/h3-7,10,13,15H,8-9,11-12H2,1-2H3,(H,21,23,25). The minimum Gasteiger partial charge on any atom is -0.325 e. The lowest BCUT2D eigenvalue weighted by atomic mass is 9.92.